The van der Waals surface area contributed by atoms with Gasteiger partial charge in [0, 0.05) is 12.0 Å². The number of benzene rings is 1. The Balaban J connectivity index is 2.68. The summed E-state index contributed by atoms with van der Waals surface area (Å²) in [6.45, 7) is 0. The highest BCUT2D eigenvalue weighted by molar-refractivity contribution is 6.00. The van der Waals surface area contributed by atoms with E-state index < -0.39 is 0 Å². The fourth-order valence-electron chi connectivity index (χ4n) is 1.31. The van der Waals surface area contributed by atoms with Crippen molar-refractivity contribution in [2.24, 2.45) is 0 Å². The molecule has 0 bridgehead atoms. The molecule has 1 aliphatic rings. The highest BCUT2D eigenvalue weighted by atomic mass is 16.1. The summed E-state index contributed by atoms with van der Waals surface area (Å²) in [7, 11) is 0. The molecule has 1 aromatic rings. The van der Waals surface area contributed by atoms with Crippen LogP contribution in [-0.2, 0) is 6.42 Å². The van der Waals surface area contributed by atoms with Crippen LogP contribution in [0.2, 0.25) is 0 Å². The number of hydrogen-bond acceptors (Lipinski definition) is 1. The maximum Gasteiger partial charge on any atom is 0.163 e. The van der Waals surface area contributed by atoms with Gasteiger partial charge in [-0.3, -0.25) is 4.79 Å². The molecule has 2 rings (SSSR count). The van der Waals surface area contributed by atoms with Gasteiger partial charge in [-0.15, -0.1) is 0 Å². The predicted molar refractivity (Wildman–Crippen MR) is 39.1 cm³/mol. The minimum Gasteiger partial charge on any atom is -0.294 e. The van der Waals surface area contributed by atoms with E-state index in [1.807, 2.05) is 12.1 Å². The number of carbonyl (C=O) groups is 1. The van der Waals surface area contributed by atoms with Gasteiger partial charge in [-0.05, 0) is 12.0 Å². The van der Waals surface area contributed by atoms with Crippen LogP contribution in [0.3, 0.4) is 0 Å². The standard InChI is InChI=1S/C9H8O/c10-9-6-5-7-3-1-2-4-8(7)9/h1-4H,5-6H2/i4D. The van der Waals surface area contributed by atoms with E-state index in [1.54, 1.807) is 6.07 Å². The van der Waals surface area contributed by atoms with Crippen LogP contribution < -0.4 is 0 Å². The van der Waals surface area contributed by atoms with Crippen molar-refractivity contribution in [3.05, 3.63) is 35.4 Å². The van der Waals surface area contributed by atoms with Crippen molar-refractivity contribution >= 4 is 5.78 Å². The van der Waals surface area contributed by atoms with E-state index in [1.165, 1.54) is 0 Å². The van der Waals surface area contributed by atoms with Gasteiger partial charge in [-0.2, -0.15) is 0 Å². The lowest BCUT2D eigenvalue weighted by Gasteiger charge is -1.92. The van der Waals surface area contributed by atoms with Gasteiger partial charge >= 0.3 is 0 Å². The first-order chi connectivity index (χ1) is 5.29. The number of fused-ring (bicyclic) bond motifs is 1. The summed E-state index contributed by atoms with van der Waals surface area (Å²) in [4.78, 5) is 11.2. The molecule has 0 aromatic heterocycles. The summed E-state index contributed by atoms with van der Waals surface area (Å²) in [5.41, 5.74) is 1.69. The molecule has 0 N–H and O–H groups in total. The van der Waals surface area contributed by atoms with E-state index in [9.17, 15) is 4.79 Å². The van der Waals surface area contributed by atoms with Crippen LogP contribution in [0.4, 0.5) is 0 Å². The molecule has 0 saturated heterocycles. The zero-order valence-electron chi connectivity index (χ0n) is 6.55. The molecule has 0 spiro atoms. The summed E-state index contributed by atoms with van der Waals surface area (Å²) in [6.07, 6.45) is 1.41. The fraction of sp³-hybridized carbons (Fsp3) is 0.222. The molecule has 0 amide bonds. The van der Waals surface area contributed by atoms with E-state index in [0.717, 1.165) is 12.0 Å². The van der Waals surface area contributed by atoms with Crippen molar-refractivity contribution in [2.75, 3.05) is 0 Å². The first-order valence-electron chi connectivity index (χ1n) is 3.91. The van der Waals surface area contributed by atoms with Crippen LogP contribution in [0.25, 0.3) is 0 Å². The Labute approximate surface area is 61.1 Å². The van der Waals surface area contributed by atoms with Crippen LogP contribution in [0.1, 0.15) is 23.7 Å². The molecule has 1 heteroatoms. The van der Waals surface area contributed by atoms with Crippen LogP contribution in [0.5, 0.6) is 0 Å². The average Bonchev–Trinajstić information content (AvgIpc) is 2.34. The third-order valence-electron chi connectivity index (χ3n) is 1.84. The molecule has 10 heavy (non-hydrogen) atoms. The molecule has 1 nitrogen and oxygen atoms in total. The van der Waals surface area contributed by atoms with Crippen molar-refractivity contribution in [2.45, 2.75) is 12.8 Å². The second kappa shape index (κ2) is 1.94. The molecule has 0 fully saturated rings. The Hall–Kier alpha value is -1.11. The number of carbonyl (C=O) groups excluding carboxylic acids is 1. The Morgan fingerprint density at radius 1 is 1.40 bits per heavy atom. The zero-order valence-corrected chi connectivity index (χ0v) is 5.55. The Morgan fingerprint density at radius 3 is 3.10 bits per heavy atom. The minimum absolute atomic E-state index is 0.130. The van der Waals surface area contributed by atoms with Crippen molar-refractivity contribution in [1.29, 1.82) is 0 Å². The van der Waals surface area contributed by atoms with E-state index in [2.05, 4.69) is 0 Å². The first-order valence-corrected chi connectivity index (χ1v) is 3.41. The average molecular weight is 133 g/mol. The highest BCUT2D eigenvalue weighted by Gasteiger charge is 2.17. The predicted octanol–water partition coefficient (Wildman–Crippen LogP) is 1.82. The SMILES string of the molecule is [2H]c1cccc2c1C(=O)CC2. The Morgan fingerprint density at radius 2 is 2.30 bits per heavy atom. The van der Waals surface area contributed by atoms with E-state index >= 15 is 0 Å². The van der Waals surface area contributed by atoms with Gasteiger partial charge in [0.25, 0.3) is 0 Å². The van der Waals surface area contributed by atoms with E-state index in [-0.39, 0.29) is 5.78 Å². The van der Waals surface area contributed by atoms with Crippen molar-refractivity contribution in [1.82, 2.24) is 0 Å². The third-order valence-corrected chi connectivity index (χ3v) is 1.84. The number of rotatable bonds is 0. The summed E-state index contributed by atoms with van der Waals surface area (Å²) in [5, 5.41) is 0. The van der Waals surface area contributed by atoms with Crippen LogP contribution in [-0.4, -0.2) is 5.78 Å². The summed E-state index contributed by atoms with van der Waals surface area (Å²) in [6, 6.07) is 5.81. The molecular formula is C9H8O. The van der Waals surface area contributed by atoms with Crippen molar-refractivity contribution < 1.29 is 6.17 Å². The lowest BCUT2D eigenvalue weighted by atomic mass is 10.1. The minimum atomic E-state index is 0.130. The summed E-state index contributed by atoms with van der Waals surface area (Å²) in [5.74, 6) is 0.130. The molecule has 1 aliphatic carbocycles. The first kappa shape index (κ1) is 4.67. The maximum absolute atomic E-state index is 11.2. The summed E-state index contributed by atoms with van der Waals surface area (Å²) >= 11 is 0. The molecule has 0 unspecified atom stereocenters. The number of Topliss-reactive ketones (excluding diaryl/α,β-unsaturated/α-hetero) is 1. The molecule has 0 aliphatic heterocycles. The largest absolute Gasteiger partial charge is 0.294 e. The Kier molecular flexibility index (Phi) is 0.906. The lowest BCUT2D eigenvalue weighted by molar-refractivity contribution is 0.0994. The topological polar surface area (TPSA) is 17.1 Å². The second-order valence-electron chi connectivity index (χ2n) is 2.49. The van der Waals surface area contributed by atoms with Crippen LogP contribution in [0.15, 0.2) is 24.2 Å². The highest BCUT2D eigenvalue weighted by Crippen LogP contribution is 2.20. The molecule has 0 atom stereocenters. The Bertz CT molecular complexity index is 317. The monoisotopic (exact) mass is 133 g/mol. The second-order valence-corrected chi connectivity index (χ2v) is 2.49. The molecule has 0 heterocycles. The summed E-state index contributed by atoms with van der Waals surface area (Å²) < 4.78 is 7.46. The molecule has 1 aromatic carbocycles. The van der Waals surface area contributed by atoms with Gasteiger partial charge in [0.2, 0.25) is 0 Å². The maximum atomic E-state index is 11.2. The van der Waals surface area contributed by atoms with Gasteiger partial charge < -0.3 is 0 Å². The molecule has 0 saturated carbocycles. The normalized spacial score (nSPS) is 16.8. The lowest BCUT2D eigenvalue weighted by Crippen LogP contribution is -1.88. The molecule has 50 valence electrons. The van der Waals surface area contributed by atoms with Gasteiger partial charge in [-0.1, -0.05) is 24.2 Å². The zero-order chi connectivity index (χ0) is 7.84. The van der Waals surface area contributed by atoms with Crippen molar-refractivity contribution in [3.8, 4) is 0 Å². The smallest absolute Gasteiger partial charge is 0.163 e. The van der Waals surface area contributed by atoms with Gasteiger partial charge in [-0.25, -0.2) is 0 Å². The van der Waals surface area contributed by atoms with Gasteiger partial charge in [0.15, 0.2) is 5.78 Å². The fourth-order valence-corrected chi connectivity index (χ4v) is 1.31. The third kappa shape index (κ3) is 0.670. The van der Waals surface area contributed by atoms with Crippen LogP contribution in [0, 0.1) is 0 Å². The quantitative estimate of drug-likeness (QED) is 0.527. The van der Waals surface area contributed by atoms with Crippen LogP contribution >= 0.6 is 0 Å². The van der Waals surface area contributed by atoms with Gasteiger partial charge in [0.1, 0.15) is 0 Å². The molecular weight excluding hydrogens is 124 g/mol. The van der Waals surface area contributed by atoms with Gasteiger partial charge in [0.05, 0.1) is 1.37 Å². The number of hydrogen-bond donors (Lipinski definition) is 0. The molecule has 0 radical (unpaired) electrons. The van der Waals surface area contributed by atoms with Crippen molar-refractivity contribution in [3.63, 3.8) is 0 Å². The van der Waals surface area contributed by atoms with E-state index in [0.29, 0.717) is 18.0 Å². The number of ketones is 1. The number of aryl methyl sites for hydroxylation is 1. The van der Waals surface area contributed by atoms with E-state index in [4.69, 9.17) is 1.37 Å².